The SMILES string of the molecule is C.COc1cc(-c2sc3cc(O)ccc3c2Cc2ccc(CN3CCCC3)c(C)c2)ccc1OCCN1CCCC1. The van der Waals surface area contributed by atoms with E-state index in [1.54, 1.807) is 24.5 Å². The van der Waals surface area contributed by atoms with E-state index in [1.165, 1.54) is 84.4 Å². The minimum absolute atomic E-state index is 0. The third-order valence-corrected chi connectivity index (χ3v) is 9.69. The van der Waals surface area contributed by atoms with Crippen molar-refractivity contribution in [3.8, 4) is 27.7 Å². The van der Waals surface area contributed by atoms with Crippen LogP contribution < -0.4 is 9.47 Å². The average Bonchev–Trinajstić information content (AvgIpc) is 3.73. The van der Waals surface area contributed by atoms with E-state index in [4.69, 9.17) is 9.47 Å². The van der Waals surface area contributed by atoms with Gasteiger partial charge in [-0.25, -0.2) is 0 Å². The lowest BCUT2D eigenvalue weighted by atomic mass is 9.96. The number of aryl methyl sites for hydroxylation is 1. The van der Waals surface area contributed by atoms with E-state index in [1.807, 2.05) is 12.1 Å². The van der Waals surface area contributed by atoms with Crippen LogP contribution in [0.3, 0.4) is 0 Å². The van der Waals surface area contributed by atoms with Gasteiger partial charge in [-0.2, -0.15) is 0 Å². The maximum Gasteiger partial charge on any atom is 0.161 e. The highest BCUT2D eigenvalue weighted by Crippen LogP contribution is 2.43. The summed E-state index contributed by atoms with van der Waals surface area (Å²) >= 11 is 1.73. The summed E-state index contributed by atoms with van der Waals surface area (Å²) in [6.07, 6.45) is 6.04. The van der Waals surface area contributed by atoms with Crippen LogP contribution in [0, 0.1) is 6.92 Å². The van der Waals surface area contributed by atoms with Crippen molar-refractivity contribution < 1.29 is 14.6 Å². The van der Waals surface area contributed by atoms with Crippen LogP contribution in [0.2, 0.25) is 0 Å². The lowest BCUT2D eigenvalue weighted by molar-refractivity contribution is 0.230. The number of hydrogen-bond acceptors (Lipinski definition) is 6. The van der Waals surface area contributed by atoms with Gasteiger partial charge >= 0.3 is 0 Å². The fourth-order valence-electron chi connectivity index (χ4n) is 6.20. The summed E-state index contributed by atoms with van der Waals surface area (Å²) < 4.78 is 13.0. The highest BCUT2D eigenvalue weighted by Gasteiger charge is 2.19. The van der Waals surface area contributed by atoms with Crippen molar-refractivity contribution in [2.75, 3.05) is 46.4 Å². The molecule has 1 N–H and O–H groups in total. The van der Waals surface area contributed by atoms with Crippen molar-refractivity contribution in [1.29, 1.82) is 0 Å². The Morgan fingerprint density at radius 1 is 0.854 bits per heavy atom. The standard InChI is InChI=1S/C34H40N2O3S.CH4/c1-24-19-25(7-8-27(24)23-36-15-5-6-16-36)20-30-29-11-10-28(37)22-33(29)40-34(30)26-9-12-31(32(21-26)38-2)39-18-17-35-13-3-4-14-35;/h7-12,19,21-22,37H,3-6,13-18,20,23H2,1-2H3;1H4. The summed E-state index contributed by atoms with van der Waals surface area (Å²) in [7, 11) is 1.71. The molecule has 3 aromatic carbocycles. The first-order chi connectivity index (χ1) is 19.6. The molecule has 5 nitrogen and oxygen atoms in total. The number of hydrogen-bond donors (Lipinski definition) is 1. The number of thiophene rings is 1. The molecule has 0 amide bonds. The van der Waals surface area contributed by atoms with Crippen LogP contribution in [0.15, 0.2) is 54.6 Å². The van der Waals surface area contributed by atoms with Crippen LogP contribution in [0.5, 0.6) is 17.2 Å². The van der Waals surface area contributed by atoms with E-state index in [-0.39, 0.29) is 7.43 Å². The Kier molecular flexibility index (Phi) is 9.53. The normalized spacial score (nSPS) is 15.9. The monoisotopic (exact) mass is 572 g/mol. The molecule has 6 heteroatoms. The van der Waals surface area contributed by atoms with Crippen LogP contribution in [0.1, 0.15) is 55.4 Å². The maximum absolute atomic E-state index is 10.2. The van der Waals surface area contributed by atoms with Crippen molar-refractivity contribution in [3.63, 3.8) is 0 Å². The van der Waals surface area contributed by atoms with E-state index in [2.05, 4.69) is 53.1 Å². The van der Waals surface area contributed by atoms with Gasteiger partial charge in [0.1, 0.15) is 12.4 Å². The second-order valence-electron chi connectivity index (χ2n) is 11.3. The molecule has 0 bridgehead atoms. The Labute approximate surface area is 249 Å². The number of likely N-dealkylation sites (tertiary alicyclic amines) is 2. The second kappa shape index (κ2) is 13.3. The first-order valence-electron chi connectivity index (χ1n) is 14.7. The minimum atomic E-state index is 0. The summed E-state index contributed by atoms with van der Waals surface area (Å²) in [5, 5.41) is 11.4. The van der Waals surface area contributed by atoms with E-state index in [0.717, 1.165) is 41.3 Å². The van der Waals surface area contributed by atoms with Crippen molar-refractivity contribution in [3.05, 3.63) is 76.9 Å². The molecule has 4 aromatic rings. The van der Waals surface area contributed by atoms with Gasteiger partial charge in [-0.3, -0.25) is 9.80 Å². The Balaban J connectivity index is 0.00000337. The van der Waals surface area contributed by atoms with Gasteiger partial charge in [0, 0.05) is 22.7 Å². The number of nitrogens with zero attached hydrogens (tertiary/aromatic N) is 2. The fraction of sp³-hybridized carbons (Fsp3) is 0.429. The fourth-order valence-corrected chi connectivity index (χ4v) is 7.45. The van der Waals surface area contributed by atoms with Crippen molar-refractivity contribution in [2.24, 2.45) is 0 Å². The molecule has 41 heavy (non-hydrogen) atoms. The molecule has 0 spiro atoms. The number of rotatable bonds is 10. The number of ether oxygens (including phenoxy) is 2. The highest BCUT2D eigenvalue weighted by molar-refractivity contribution is 7.22. The largest absolute Gasteiger partial charge is 0.508 e. The zero-order valence-electron chi connectivity index (χ0n) is 23.7. The molecule has 2 aliphatic rings. The number of fused-ring (bicyclic) bond motifs is 1. The van der Waals surface area contributed by atoms with Gasteiger partial charge < -0.3 is 14.6 Å². The van der Waals surface area contributed by atoms with Crippen LogP contribution in [0.4, 0.5) is 0 Å². The zero-order chi connectivity index (χ0) is 27.5. The molecule has 2 saturated heterocycles. The van der Waals surface area contributed by atoms with Gasteiger partial charge in [-0.1, -0.05) is 25.6 Å². The first-order valence-corrected chi connectivity index (χ1v) is 15.5. The van der Waals surface area contributed by atoms with Gasteiger partial charge in [-0.05, 0) is 135 Å². The summed E-state index contributed by atoms with van der Waals surface area (Å²) in [4.78, 5) is 6.23. The third kappa shape index (κ3) is 6.72. The van der Waals surface area contributed by atoms with E-state index >= 15 is 0 Å². The Morgan fingerprint density at radius 2 is 1.61 bits per heavy atom. The van der Waals surface area contributed by atoms with Crippen molar-refractivity contribution >= 4 is 21.4 Å². The molecule has 0 unspecified atom stereocenters. The van der Waals surface area contributed by atoms with Crippen LogP contribution in [-0.2, 0) is 13.0 Å². The maximum atomic E-state index is 10.2. The molecular weight excluding hydrogens is 528 g/mol. The van der Waals surface area contributed by atoms with E-state index < -0.39 is 0 Å². The van der Waals surface area contributed by atoms with Crippen molar-refractivity contribution in [1.82, 2.24) is 9.80 Å². The molecule has 0 atom stereocenters. The molecule has 0 aliphatic carbocycles. The minimum Gasteiger partial charge on any atom is -0.508 e. The molecule has 2 aliphatic heterocycles. The van der Waals surface area contributed by atoms with Gasteiger partial charge in [0.2, 0.25) is 0 Å². The van der Waals surface area contributed by atoms with Crippen LogP contribution >= 0.6 is 11.3 Å². The lowest BCUT2D eigenvalue weighted by Crippen LogP contribution is -2.25. The quantitative estimate of drug-likeness (QED) is 0.209. The second-order valence-corrected chi connectivity index (χ2v) is 12.3. The summed E-state index contributed by atoms with van der Waals surface area (Å²) in [6, 6.07) is 19.0. The van der Waals surface area contributed by atoms with Gasteiger partial charge in [0.15, 0.2) is 11.5 Å². The number of phenols is 1. The number of aromatic hydroxyl groups is 1. The summed E-state index contributed by atoms with van der Waals surface area (Å²) in [5.74, 6) is 1.84. The Hall–Kier alpha value is -3.06. The first kappa shape index (κ1) is 29.4. The van der Waals surface area contributed by atoms with Gasteiger partial charge in [0.05, 0.1) is 7.11 Å². The molecule has 0 saturated carbocycles. The zero-order valence-corrected chi connectivity index (χ0v) is 24.6. The summed E-state index contributed by atoms with van der Waals surface area (Å²) in [5.41, 5.74) is 6.50. The molecule has 2 fully saturated rings. The van der Waals surface area contributed by atoms with E-state index in [9.17, 15) is 5.11 Å². The molecule has 1 aromatic heterocycles. The van der Waals surface area contributed by atoms with Gasteiger partial charge in [-0.15, -0.1) is 11.3 Å². The topological polar surface area (TPSA) is 45.2 Å². The predicted octanol–water partition coefficient (Wildman–Crippen LogP) is 7.89. The molecule has 6 rings (SSSR count). The predicted molar refractivity (Wildman–Crippen MR) is 172 cm³/mol. The Bertz CT molecular complexity index is 1470. The highest BCUT2D eigenvalue weighted by atomic mass is 32.1. The summed E-state index contributed by atoms with van der Waals surface area (Å²) in [6.45, 7) is 9.67. The Morgan fingerprint density at radius 3 is 2.34 bits per heavy atom. The number of phenolic OH excluding ortho intramolecular Hbond substituents is 1. The number of methoxy groups -OCH3 is 1. The number of benzene rings is 3. The molecule has 0 radical (unpaired) electrons. The smallest absolute Gasteiger partial charge is 0.161 e. The van der Waals surface area contributed by atoms with Crippen molar-refractivity contribution in [2.45, 2.75) is 53.0 Å². The van der Waals surface area contributed by atoms with Crippen LogP contribution in [0.25, 0.3) is 20.5 Å². The average molecular weight is 573 g/mol. The third-order valence-electron chi connectivity index (χ3n) is 8.45. The van der Waals surface area contributed by atoms with Gasteiger partial charge in [0.25, 0.3) is 0 Å². The molecular formula is C35H44N2O3S. The molecule has 218 valence electrons. The molecule has 3 heterocycles. The lowest BCUT2D eigenvalue weighted by Gasteiger charge is -2.17. The van der Waals surface area contributed by atoms with Crippen LogP contribution in [-0.4, -0.2) is 61.3 Å². The van der Waals surface area contributed by atoms with E-state index in [0.29, 0.717) is 12.4 Å².